The number of anilines is 1. The molecule has 1 saturated heterocycles. The van der Waals surface area contributed by atoms with Crippen molar-refractivity contribution in [2.45, 2.75) is 45.3 Å². The van der Waals surface area contributed by atoms with Crippen molar-refractivity contribution in [2.24, 2.45) is 0 Å². The molecule has 0 spiro atoms. The molecular weight excluding hydrogens is 406 g/mol. The molecule has 4 rings (SSSR count). The number of aromatic nitrogens is 1. The number of rotatable bonds is 3. The lowest BCUT2D eigenvalue weighted by Crippen LogP contribution is -2.45. The number of ether oxygens (including phenoxy) is 3. The monoisotopic (exact) mass is 431 g/mol. The summed E-state index contributed by atoms with van der Waals surface area (Å²) in [7, 11) is 0. The van der Waals surface area contributed by atoms with Crippen LogP contribution in [0.2, 0.25) is 0 Å². The zero-order valence-electron chi connectivity index (χ0n) is 17.3. The first kappa shape index (κ1) is 20.5. The van der Waals surface area contributed by atoms with Crippen molar-refractivity contribution in [1.29, 1.82) is 0 Å². The summed E-state index contributed by atoms with van der Waals surface area (Å²) < 4.78 is 16.6. The number of nitrogens with one attached hydrogen (secondary N) is 1. The molecule has 2 aliphatic heterocycles. The number of hydrogen-bond acceptors (Lipinski definition) is 7. The molecule has 1 N–H and O–H groups in total. The molecule has 1 atom stereocenters. The van der Waals surface area contributed by atoms with Crippen LogP contribution in [0.1, 0.15) is 33.6 Å². The summed E-state index contributed by atoms with van der Waals surface area (Å²) >= 11 is 1.34. The average Bonchev–Trinajstić information content (AvgIpc) is 3.36. The Hall–Kier alpha value is -2.81. The van der Waals surface area contributed by atoms with Crippen molar-refractivity contribution in [3.05, 3.63) is 23.6 Å². The molecule has 160 valence electrons. The molecule has 2 aliphatic rings. The third-order valence-corrected chi connectivity index (χ3v) is 5.51. The van der Waals surface area contributed by atoms with Gasteiger partial charge in [-0.05, 0) is 51.8 Å². The highest BCUT2D eigenvalue weighted by molar-refractivity contribution is 7.14. The van der Waals surface area contributed by atoms with E-state index in [9.17, 15) is 9.59 Å². The first-order valence-electron chi connectivity index (χ1n) is 9.96. The predicted octanol–water partition coefficient (Wildman–Crippen LogP) is 3.92. The molecule has 9 heteroatoms. The van der Waals surface area contributed by atoms with Gasteiger partial charge in [0.25, 0.3) is 0 Å². The van der Waals surface area contributed by atoms with Gasteiger partial charge in [-0.3, -0.25) is 9.69 Å². The van der Waals surface area contributed by atoms with Crippen LogP contribution in [0.5, 0.6) is 11.5 Å². The molecule has 2 amide bonds. The minimum Gasteiger partial charge on any atom is -0.486 e. The summed E-state index contributed by atoms with van der Waals surface area (Å²) in [6, 6.07) is 5.10. The Morgan fingerprint density at radius 3 is 2.77 bits per heavy atom. The first-order valence-corrected chi connectivity index (χ1v) is 10.8. The van der Waals surface area contributed by atoms with Crippen LogP contribution in [-0.2, 0) is 9.53 Å². The highest BCUT2D eigenvalue weighted by Gasteiger charge is 2.36. The van der Waals surface area contributed by atoms with Crippen LogP contribution in [0, 0.1) is 0 Å². The Kier molecular flexibility index (Phi) is 5.55. The van der Waals surface area contributed by atoms with E-state index in [-0.39, 0.29) is 5.91 Å². The van der Waals surface area contributed by atoms with Crippen molar-refractivity contribution in [1.82, 2.24) is 9.88 Å². The van der Waals surface area contributed by atoms with E-state index in [1.54, 1.807) is 0 Å². The van der Waals surface area contributed by atoms with Crippen molar-refractivity contribution in [3.8, 4) is 22.8 Å². The summed E-state index contributed by atoms with van der Waals surface area (Å²) in [5, 5.41) is 5.21. The molecule has 1 fully saturated rings. The van der Waals surface area contributed by atoms with Gasteiger partial charge in [0.15, 0.2) is 16.6 Å². The number of amides is 2. The molecular formula is C21H25N3O5S. The van der Waals surface area contributed by atoms with E-state index < -0.39 is 17.7 Å². The maximum atomic E-state index is 12.8. The van der Waals surface area contributed by atoms with Crippen LogP contribution >= 0.6 is 11.3 Å². The number of carbonyl (C=O) groups excluding carboxylic acids is 2. The number of hydrogen-bond donors (Lipinski definition) is 1. The minimum absolute atomic E-state index is 0.249. The zero-order valence-corrected chi connectivity index (χ0v) is 18.1. The standard InChI is InChI=1S/C21H25N3O5S/c1-21(2,3)29-20(26)24-8-4-5-15(24)18(25)23-19-22-14(12-30-19)13-6-7-16-17(11-13)28-10-9-27-16/h6-7,11-12,15H,4-5,8-10H2,1-3H3,(H,22,23,25)/t15-/m0/s1. The Labute approximate surface area is 179 Å². The lowest BCUT2D eigenvalue weighted by molar-refractivity contribution is -0.120. The normalized spacial score (nSPS) is 18.2. The second kappa shape index (κ2) is 8.14. The van der Waals surface area contributed by atoms with Crippen molar-refractivity contribution in [2.75, 3.05) is 25.1 Å². The van der Waals surface area contributed by atoms with Crippen molar-refractivity contribution >= 4 is 28.5 Å². The van der Waals surface area contributed by atoms with E-state index in [1.165, 1.54) is 16.2 Å². The topological polar surface area (TPSA) is 90.0 Å². The van der Waals surface area contributed by atoms with E-state index in [2.05, 4.69) is 10.3 Å². The number of benzene rings is 1. The van der Waals surface area contributed by atoms with Crippen LogP contribution in [0.25, 0.3) is 11.3 Å². The summed E-state index contributed by atoms with van der Waals surface area (Å²) in [4.78, 5) is 31.2. The minimum atomic E-state index is -0.603. The largest absolute Gasteiger partial charge is 0.486 e. The first-order chi connectivity index (χ1) is 14.3. The second-order valence-electron chi connectivity index (χ2n) is 8.22. The Morgan fingerprint density at radius 2 is 2.00 bits per heavy atom. The maximum Gasteiger partial charge on any atom is 0.410 e. The zero-order chi connectivity index (χ0) is 21.3. The molecule has 8 nitrogen and oxygen atoms in total. The number of carbonyl (C=O) groups is 2. The van der Waals surface area contributed by atoms with Gasteiger partial charge in [-0.2, -0.15) is 0 Å². The molecule has 1 aromatic carbocycles. The smallest absolute Gasteiger partial charge is 0.410 e. The van der Waals surface area contributed by atoms with Gasteiger partial charge < -0.3 is 19.5 Å². The summed E-state index contributed by atoms with van der Waals surface area (Å²) in [6.07, 6.45) is 0.902. The van der Waals surface area contributed by atoms with E-state index in [0.717, 1.165) is 23.4 Å². The van der Waals surface area contributed by atoms with E-state index >= 15 is 0 Å². The number of fused-ring (bicyclic) bond motifs is 1. The average molecular weight is 432 g/mol. The highest BCUT2D eigenvalue weighted by Crippen LogP contribution is 2.35. The Morgan fingerprint density at radius 1 is 1.23 bits per heavy atom. The third kappa shape index (κ3) is 4.51. The predicted molar refractivity (Wildman–Crippen MR) is 113 cm³/mol. The SMILES string of the molecule is CC(C)(C)OC(=O)N1CCC[C@H]1C(=O)Nc1nc(-c2ccc3c(c2)OCCO3)cs1. The molecule has 0 unspecified atom stereocenters. The van der Waals surface area contributed by atoms with Gasteiger partial charge in [0.2, 0.25) is 5.91 Å². The van der Waals surface area contributed by atoms with Gasteiger partial charge in [0.05, 0.1) is 5.69 Å². The van der Waals surface area contributed by atoms with E-state index in [1.807, 2.05) is 44.4 Å². The molecule has 1 aromatic heterocycles. The third-order valence-electron chi connectivity index (χ3n) is 4.76. The number of thiazole rings is 1. The van der Waals surface area contributed by atoms with Crippen LogP contribution < -0.4 is 14.8 Å². The number of likely N-dealkylation sites (tertiary alicyclic amines) is 1. The molecule has 3 heterocycles. The lowest BCUT2D eigenvalue weighted by Gasteiger charge is -2.27. The summed E-state index contributed by atoms with van der Waals surface area (Å²) in [6.45, 7) is 7.00. The van der Waals surface area contributed by atoms with Gasteiger partial charge in [-0.25, -0.2) is 9.78 Å². The quantitative estimate of drug-likeness (QED) is 0.792. The van der Waals surface area contributed by atoms with Crippen LogP contribution in [0.4, 0.5) is 9.93 Å². The van der Waals surface area contributed by atoms with Crippen LogP contribution in [0.15, 0.2) is 23.6 Å². The van der Waals surface area contributed by atoms with Crippen molar-refractivity contribution in [3.63, 3.8) is 0 Å². The molecule has 30 heavy (non-hydrogen) atoms. The molecule has 0 bridgehead atoms. The molecule has 0 saturated carbocycles. The van der Waals surface area contributed by atoms with Gasteiger partial charge in [0.1, 0.15) is 24.9 Å². The molecule has 0 radical (unpaired) electrons. The van der Waals surface area contributed by atoms with Gasteiger partial charge in [-0.15, -0.1) is 11.3 Å². The maximum absolute atomic E-state index is 12.8. The fourth-order valence-corrected chi connectivity index (χ4v) is 4.16. The summed E-state index contributed by atoms with van der Waals surface area (Å²) in [5.41, 5.74) is 1.02. The number of nitrogens with zero attached hydrogens (tertiary/aromatic N) is 2. The van der Waals surface area contributed by atoms with Gasteiger partial charge in [-0.1, -0.05) is 0 Å². The second-order valence-corrected chi connectivity index (χ2v) is 9.08. The molecule has 0 aliphatic carbocycles. The fourth-order valence-electron chi connectivity index (χ4n) is 3.43. The Balaban J connectivity index is 1.43. The summed E-state index contributed by atoms with van der Waals surface area (Å²) in [5.74, 6) is 1.16. The van der Waals surface area contributed by atoms with E-state index in [0.29, 0.717) is 37.1 Å². The highest BCUT2D eigenvalue weighted by atomic mass is 32.1. The van der Waals surface area contributed by atoms with Crippen LogP contribution in [0.3, 0.4) is 0 Å². The van der Waals surface area contributed by atoms with E-state index in [4.69, 9.17) is 14.2 Å². The fraction of sp³-hybridized carbons (Fsp3) is 0.476. The lowest BCUT2D eigenvalue weighted by atomic mass is 10.1. The Bertz CT molecular complexity index is 952. The van der Waals surface area contributed by atoms with Crippen LogP contribution in [-0.4, -0.2) is 53.3 Å². The van der Waals surface area contributed by atoms with Gasteiger partial charge in [0, 0.05) is 17.5 Å². The van der Waals surface area contributed by atoms with Gasteiger partial charge >= 0.3 is 6.09 Å². The molecule has 2 aromatic rings. The van der Waals surface area contributed by atoms with Crippen molar-refractivity contribution < 1.29 is 23.8 Å².